The van der Waals surface area contributed by atoms with Gasteiger partial charge in [-0.05, 0) is 25.2 Å². The van der Waals surface area contributed by atoms with E-state index in [4.69, 9.17) is 0 Å². The molecule has 1 heterocycles. The standard InChI is InChI=1S/C8H16.C6H11NO/c1-2-8-6-4-3-5-7-8;8-6-7-4-2-1-3-5-7/h8H,2-7H2,1H3;6H,1-5H2. The lowest BCUT2D eigenvalue weighted by Crippen LogP contribution is -2.27. The predicted octanol–water partition coefficient (Wildman–Crippen LogP) is 3.61. The second kappa shape index (κ2) is 8.60. The average Bonchev–Trinajstić information content (AvgIpc) is 2.41. The van der Waals surface area contributed by atoms with Gasteiger partial charge >= 0.3 is 0 Å². The van der Waals surface area contributed by atoms with Gasteiger partial charge in [-0.25, -0.2) is 0 Å². The van der Waals surface area contributed by atoms with Crippen molar-refractivity contribution in [3.63, 3.8) is 0 Å². The summed E-state index contributed by atoms with van der Waals surface area (Å²) in [4.78, 5) is 11.9. The van der Waals surface area contributed by atoms with Crippen LogP contribution in [-0.4, -0.2) is 24.4 Å². The Bertz CT molecular complexity index is 170. The lowest BCUT2D eigenvalue weighted by atomic mass is 9.88. The van der Waals surface area contributed by atoms with Crippen LogP contribution in [0.5, 0.6) is 0 Å². The molecule has 2 aliphatic rings. The van der Waals surface area contributed by atoms with Gasteiger partial charge in [0.25, 0.3) is 0 Å². The smallest absolute Gasteiger partial charge is 0.209 e. The topological polar surface area (TPSA) is 20.3 Å². The minimum absolute atomic E-state index is 0.944. The molecule has 94 valence electrons. The summed E-state index contributed by atoms with van der Waals surface area (Å²) in [6.07, 6.45) is 13.6. The third-order valence-corrected chi connectivity index (χ3v) is 3.84. The highest BCUT2D eigenvalue weighted by atomic mass is 16.1. The van der Waals surface area contributed by atoms with Gasteiger partial charge in [0.2, 0.25) is 6.41 Å². The largest absolute Gasteiger partial charge is 0.345 e. The molecule has 0 atom stereocenters. The van der Waals surface area contributed by atoms with Gasteiger partial charge in [-0.3, -0.25) is 4.79 Å². The van der Waals surface area contributed by atoms with Crippen LogP contribution in [0.25, 0.3) is 0 Å². The Morgan fingerprint density at radius 2 is 1.56 bits per heavy atom. The van der Waals surface area contributed by atoms with E-state index in [1.807, 2.05) is 4.90 Å². The Hall–Kier alpha value is -0.530. The fourth-order valence-electron chi connectivity index (χ4n) is 2.62. The fourth-order valence-corrected chi connectivity index (χ4v) is 2.62. The van der Waals surface area contributed by atoms with Crippen LogP contribution >= 0.6 is 0 Å². The monoisotopic (exact) mass is 225 g/mol. The molecule has 0 aromatic heterocycles. The number of piperidine rings is 1. The van der Waals surface area contributed by atoms with Crippen LogP contribution in [0.2, 0.25) is 0 Å². The molecule has 16 heavy (non-hydrogen) atoms. The van der Waals surface area contributed by atoms with Crippen LogP contribution in [0, 0.1) is 5.92 Å². The van der Waals surface area contributed by atoms with E-state index in [9.17, 15) is 4.79 Å². The van der Waals surface area contributed by atoms with E-state index in [2.05, 4.69) is 6.92 Å². The van der Waals surface area contributed by atoms with Crippen molar-refractivity contribution in [1.82, 2.24) is 4.90 Å². The minimum atomic E-state index is 0.944. The molecule has 1 aliphatic heterocycles. The first-order valence-electron chi connectivity index (χ1n) is 7.06. The number of amides is 1. The van der Waals surface area contributed by atoms with Crippen molar-refractivity contribution in [2.45, 2.75) is 64.7 Å². The molecule has 0 aromatic rings. The molecular weight excluding hydrogens is 198 g/mol. The van der Waals surface area contributed by atoms with Crippen LogP contribution in [0.3, 0.4) is 0 Å². The fraction of sp³-hybridized carbons (Fsp3) is 0.929. The third kappa shape index (κ3) is 5.53. The maximum Gasteiger partial charge on any atom is 0.209 e. The maximum absolute atomic E-state index is 10.1. The van der Waals surface area contributed by atoms with Gasteiger partial charge in [-0.1, -0.05) is 45.4 Å². The molecule has 0 spiro atoms. The average molecular weight is 225 g/mol. The van der Waals surface area contributed by atoms with Gasteiger partial charge in [-0.2, -0.15) is 0 Å². The summed E-state index contributed by atoms with van der Waals surface area (Å²) >= 11 is 0. The van der Waals surface area contributed by atoms with E-state index in [-0.39, 0.29) is 0 Å². The summed E-state index contributed by atoms with van der Waals surface area (Å²) in [5, 5.41) is 0. The maximum atomic E-state index is 10.1. The van der Waals surface area contributed by atoms with Crippen LogP contribution in [0.1, 0.15) is 64.7 Å². The van der Waals surface area contributed by atoms with Gasteiger partial charge in [0.1, 0.15) is 0 Å². The molecule has 2 rings (SSSR count). The molecule has 0 N–H and O–H groups in total. The molecule has 1 saturated heterocycles. The molecule has 0 bridgehead atoms. The van der Waals surface area contributed by atoms with Crippen LogP contribution in [0.15, 0.2) is 0 Å². The van der Waals surface area contributed by atoms with E-state index < -0.39 is 0 Å². The van der Waals surface area contributed by atoms with Crippen molar-refractivity contribution in [1.29, 1.82) is 0 Å². The van der Waals surface area contributed by atoms with Gasteiger partial charge in [0.05, 0.1) is 0 Å². The van der Waals surface area contributed by atoms with Crippen LogP contribution < -0.4 is 0 Å². The van der Waals surface area contributed by atoms with Gasteiger partial charge in [0, 0.05) is 13.1 Å². The Labute approximate surface area is 100 Å². The molecule has 0 unspecified atom stereocenters. The van der Waals surface area contributed by atoms with Crippen molar-refractivity contribution < 1.29 is 4.79 Å². The second-order valence-corrected chi connectivity index (χ2v) is 5.11. The number of carbonyl (C=O) groups is 1. The Balaban J connectivity index is 0.000000160. The van der Waals surface area contributed by atoms with Crippen LogP contribution in [-0.2, 0) is 4.79 Å². The van der Waals surface area contributed by atoms with Crippen molar-refractivity contribution in [3.05, 3.63) is 0 Å². The van der Waals surface area contributed by atoms with Crippen molar-refractivity contribution >= 4 is 6.41 Å². The predicted molar refractivity (Wildman–Crippen MR) is 68.4 cm³/mol. The first kappa shape index (κ1) is 13.5. The Morgan fingerprint density at radius 3 is 1.94 bits per heavy atom. The van der Waals surface area contributed by atoms with Crippen molar-refractivity contribution in [2.24, 2.45) is 5.92 Å². The highest BCUT2D eigenvalue weighted by molar-refractivity contribution is 5.46. The quantitative estimate of drug-likeness (QED) is 0.657. The highest BCUT2D eigenvalue weighted by Crippen LogP contribution is 2.25. The van der Waals surface area contributed by atoms with E-state index >= 15 is 0 Å². The molecule has 0 radical (unpaired) electrons. The number of rotatable bonds is 2. The number of hydrogen-bond acceptors (Lipinski definition) is 1. The first-order chi connectivity index (χ1) is 7.86. The molecule has 1 aliphatic carbocycles. The Kier molecular flexibility index (Phi) is 7.28. The van der Waals surface area contributed by atoms with E-state index in [1.165, 1.54) is 57.8 Å². The normalized spacial score (nSPS) is 22.2. The van der Waals surface area contributed by atoms with Crippen molar-refractivity contribution in [2.75, 3.05) is 13.1 Å². The minimum Gasteiger partial charge on any atom is -0.345 e. The molecule has 1 saturated carbocycles. The lowest BCUT2D eigenvalue weighted by molar-refractivity contribution is -0.118. The summed E-state index contributed by atoms with van der Waals surface area (Å²) < 4.78 is 0. The van der Waals surface area contributed by atoms with Gasteiger partial charge < -0.3 is 4.90 Å². The number of nitrogens with zero attached hydrogens (tertiary/aromatic N) is 1. The molecule has 2 heteroatoms. The van der Waals surface area contributed by atoms with E-state index in [0.717, 1.165) is 25.4 Å². The zero-order valence-electron chi connectivity index (χ0n) is 10.8. The Morgan fingerprint density at radius 1 is 1.00 bits per heavy atom. The molecular formula is C14H27NO. The summed E-state index contributed by atoms with van der Waals surface area (Å²) in [6.45, 7) is 4.27. The summed E-state index contributed by atoms with van der Waals surface area (Å²) in [6, 6.07) is 0. The van der Waals surface area contributed by atoms with Gasteiger partial charge in [-0.15, -0.1) is 0 Å². The SMILES string of the molecule is CCC1CCCCC1.O=CN1CCCCC1. The molecule has 2 fully saturated rings. The first-order valence-corrected chi connectivity index (χ1v) is 7.06. The number of carbonyl (C=O) groups excluding carboxylic acids is 1. The van der Waals surface area contributed by atoms with E-state index in [1.54, 1.807) is 0 Å². The summed E-state index contributed by atoms with van der Waals surface area (Å²) in [5.74, 6) is 1.09. The van der Waals surface area contributed by atoms with Crippen molar-refractivity contribution in [3.8, 4) is 0 Å². The zero-order chi connectivity index (χ0) is 11.6. The van der Waals surface area contributed by atoms with E-state index in [0.29, 0.717) is 0 Å². The molecule has 0 aromatic carbocycles. The lowest BCUT2D eigenvalue weighted by Gasteiger charge is -2.21. The molecule has 2 nitrogen and oxygen atoms in total. The summed E-state index contributed by atoms with van der Waals surface area (Å²) in [7, 11) is 0. The third-order valence-electron chi connectivity index (χ3n) is 3.84. The number of likely N-dealkylation sites (tertiary alicyclic amines) is 1. The molecule has 1 amide bonds. The summed E-state index contributed by atoms with van der Waals surface area (Å²) in [5.41, 5.74) is 0. The highest BCUT2D eigenvalue weighted by Gasteiger charge is 2.09. The zero-order valence-corrected chi connectivity index (χ0v) is 10.8. The van der Waals surface area contributed by atoms with Crippen LogP contribution in [0.4, 0.5) is 0 Å². The second-order valence-electron chi connectivity index (χ2n) is 5.11. The van der Waals surface area contributed by atoms with Gasteiger partial charge in [0.15, 0.2) is 0 Å². The number of hydrogen-bond donors (Lipinski definition) is 0.